The van der Waals surface area contributed by atoms with Crippen molar-refractivity contribution in [2.24, 2.45) is 5.92 Å². The van der Waals surface area contributed by atoms with Gasteiger partial charge in [-0.05, 0) is 12.8 Å². The molecule has 0 saturated heterocycles. The summed E-state index contributed by atoms with van der Waals surface area (Å²) in [5.74, 6) is 0.984. The average Bonchev–Trinajstić information content (AvgIpc) is 2.52. The molecular weight excluding hydrogens is 202 g/mol. The largest absolute Gasteiger partial charge is 0.389 e. The molecule has 74 valence electrons. The van der Waals surface area contributed by atoms with Crippen molar-refractivity contribution >= 4 is 23.1 Å². The number of hydrogen-bond acceptors (Lipinski definition) is 4. The average molecular weight is 217 g/mol. The van der Waals surface area contributed by atoms with E-state index in [1.807, 2.05) is 26.2 Å². The Labute approximate surface area is 87.4 Å². The molecule has 0 aromatic carbocycles. The lowest BCUT2D eigenvalue weighted by Gasteiger charge is -2.26. The summed E-state index contributed by atoms with van der Waals surface area (Å²) in [4.78, 5) is 4.15. The van der Waals surface area contributed by atoms with Crippen LogP contribution in [0, 0.1) is 5.92 Å². The summed E-state index contributed by atoms with van der Waals surface area (Å²) in [6.45, 7) is 5.93. The minimum atomic E-state index is -0.601. The van der Waals surface area contributed by atoms with Gasteiger partial charge in [0, 0.05) is 17.3 Å². The number of hydrogen-bond donors (Lipinski definition) is 1. The lowest BCUT2D eigenvalue weighted by Crippen LogP contribution is -2.33. The maximum Gasteiger partial charge on any atom is 0.149 e. The van der Waals surface area contributed by atoms with E-state index in [2.05, 4.69) is 4.98 Å². The Morgan fingerprint density at radius 1 is 1.69 bits per heavy atom. The molecule has 1 heterocycles. The van der Waals surface area contributed by atoms with Gasteiger partial charge in [-0.3, -0.25) is 0 Å². The summed E-state index contributed by atoms with van der Waals surface area (Å²) in [5.41, 5.74) is -0.601. The van der Waals surface area contributed by atoms with E-state index in [-0.39, 0.29) is 5.92 Å². The van der Waals surface area contributed by atoms with Crippen LogP contribution in [0.15, 0.2) is 15.9 Å². The van der Waals surface area contributed by atoms with E-state index < -0.39 is 5.60 Å². The molecule has 0 aliphatic carbocycles. The first-order chi connectivity index (χ1) is 6.02. The Morgan fingerprint density at radius 2 is 2.38 bits per heavy atom. The molecule has 0 aliphatic heterocycles. The van der Waals surface area contributed by atoms with Gasteiger partial charge in [-0.1, -0.05) is 25.6 Å². The molecule has 0 amide bonds. The Hall–Kier alpha value is -0.0600. The molecule has 1 unspecified atom stereocenters. The molecule has 0 aliphatic rings. The van der Waals surface area contributed by atoms with Crippen LogP contribution in [0.2, 0.25) is 0 Å². The zero-order chi connectivity index (χ0) is 9.90. The minimum absolute atomic E-state index is 0.278. The van der Waals surface area contributed by atoms with Crippen molar-refractivity contribution in [3.8, 4) is 0 Å². The van der Waals surface area contributed by atoms with Gasteiger partial charge in [0.1, 0.15) is 4.34 Å². The first-order valence-corrected chi connectivity index (χ1v) is 6.13. The van der Waals surface area contributed by atoms with Gasteiger partial charge in [-0.15, -0.1) is 11.3 Å². The van der Waals surface area contributed by atoms with Crippen molar-refractivity contribution < 1.29 is 5.11 Å². The van der Waals surface area contributed by atoms with Crippen molar-refractivity contribution in [1.29, 1.82) is 0 Å². The van der Waals surface area contributed by atoms with Crippen LogP contribution in [0.4, 0.5) is 0 Å². The predicted octanol–water partition coefficient (Wildman–Crippen LogP) is 2.64. The molecule has 0 radical (unpaired) electrons. The second kappa shape index (κ2) is 4.44. The molecule has 13 heavy (non-hydrogen) atoms. The van der Waals surface area contributed by atoms with Crippen LogP contribution in [0.25, 0.3) is 0 Å². The van der Waals surface area contributed by atoms with Gasteiger partial charge < -0.3 is 5.11 Å². The second-order valence-corrected chi connectivity index (χ2v) is 5.72. The number of thiazole rings is 1. The minimum Gasteiger partial charge on any atom is -0.389 e. The number of rotatable bonds is 4. The Bertz CT molecular complexity index is 244. The van der Waals surface area contributed by atoms with Gasteiger partial charge in [0.15, 0.2) is 0 Å². The smallest absolute Gasteiger partial charge is 0.149 e. The van der Waals surface area contributed by atoms with E-state index >= 15 is 0 Å². The summed E-state index contributed by atoms with van der Waals surface area (Å²) in [7, 11) is 0. The molecule has 2 nitrogen and oxygen atoms in total. The van der Waals surface area contributed by atoms with Crippen LogP contribution in [-0.4, -0.2) is 21.4 Å². The van der Waals surface area contributed by atoms with E-state index in [0.29, 0.717) is 5.75 Å². The first-order valence-electron chi connectivity index (χ1n) is 4.27. The zero-order valence-electron chi connectivity index (χ0n) is 8.15. The quantitative estimate of drug-likeness (QED) is 0.787. The summed E-state index contributed by atoms with van der Waals surface area (Å²) in [6.07, 6.45) is 1.79. The molecule has 1 aromatic heterocycles. The second-order valence-electron chi connectivity index (χ2n) is 3.60. The predicted molar refractivity (Wildman–Crippen MR) is 58.3 cm³/mol. The number of aromatic nitrogens is 1. The third-order valence-corrected chi connectivity index (χ3v) is 4.43. The monoisotopic (exact) mass is 217 g/mol. The van der Waals surface area contributed by atoms with Crippen LogP contribution < -0.4 is 0 Å². The van der Waals surface area contributed by atoms with E-state index in [1.54, 1.807) is 29.3 Å². The van der Waals surface area contributed by atoms with Crippen LogP contribution in [-0.2, 0) is 0 Å². The number of aliphatic hydroxyl groups is 1. The fraction of sp³-hybridized carbons (Fsp3) is 0.667. The summed E-state index contributed by atoms with van der Waals surface area (Å²) in [6, 6.07) is 0. The van der Waals surface area contributed by atoms with Crippen molar-refractivity contribution in [3.63, 3.8) is 0 Å². The van der Waals surface area contributed by atoms with E-state index in [1.165, 1.54) is 0 Å². The van der Waals surface area contributed by atoms with Crippen LogP contribution in [0.3, 0.4) is 0 Å². The third kappa shape index (κ3) is 3.29. The SMILES string of the molecule is CC(C)C(C)(O)CSc1nccs1. The molecule has 1 N–H and O–H groups in total. The van der Waals surface area contributed by atoms with Gasteiger partial charge in [0.05, 0.1) is 5.60 Å². The van der Waals surface area contributed by atoms with Crippen molar-refractivity contribution in [2.45, 2.75) is 30.7 Å². The highest BCUT2D eigenvalue weighted by Crippen LogP contribution is 2.27. The zero-order valence-corrected chi connectivity index (χ0v) is 9.78. The molecule has 4 heteroatoms. The van der Waals surface area contributed by atoms with Gasteiger partial charge in [-0.2, -0.15) is 0 Å². The highest BCUT2D eigenvalue weighted by Gasteiger charge is 2.25. The van der Waals surface area contributed by atoms with E-state index in [0.717, 1.165) is 4.34 Å². The van der Waals surface area contributed by atoms with Gasteiger partial charge in [0.2, 0.25) is 0 Å². The van der Waals surface area contributed by atoms with E-state index in [4.69, 9.17) is 0 Å². The Morgan fingerprint density at radius 3 is 2.85 bits per heavy atom. The lowest BCUT2D eigenvalue weighted by molar-refractivity contribution is 0.0376. The Balaban J connectivity index is 2.42. The molecular formula is C9H15NOS2. The maximum absolute atomic E-state index is 9.95. The first kappa shape index (κ1) is 11.0. The van der Waals surface area contributed by atoms with Gasteiger partial charge in [-0.25, -0.2) is 4.98 Å². The van der Waals surface area contributed by atoms with Gasteiger partial charge in [0.25, 0.3) is 0 Å². The fourth-order valence-electron chi connectivity index (χ4n) is 0.656. The topological polar surface area (TPSA) is 33.1 Å². The summed E-state index contributed by atoms with van der Waals surface area (Å²) >= 11 is 3.24. The fourth-order valence-corrected chi connectivity index (χ4v) is 2.52. The molecule has 0 saturated carbocycles. The Kier molecular flexibility index (Phi) is 3.76. The molecule has 1 aromatic rings. The third-order valence-electron chi connectivity index (χ3n) is 2.14. The van der Waals surface area contributed by atoms with Gasteiger partial charge >= 0.3 is 0 Å². The number of thioether (sulfide) groups is 1. The molecule has 1 atom stereocenters. The molecule has 0 bridgehead atoms. The standard InChI is InChI=1S/C9H15NOS2/c1-7(2)9(3,11)6-13-8-10-4-5-12-8/h4-5,7,11H,6H2,1-3H3. The van der Waals surface area contributed by atoms with E-state index in [9.17, 15) is 5.11 Å². The summed E-state index contributed by atoms with van der Waals surface area (Å²) < 4.78 is 1.03. The van der Waals surface area contributed by atoms with Crippen molar-refractivity contribution in [2.75, 3.05) is 5.75 Å². The summed E-state index contributed by atoms with van der Waals surface area (Å²) in [5, 5.41) is 11.9. The van der Waals surface area contributed by atoms with Crippen LogP contribution in [0.1, 0.15) is 20.8 Å². The van der Waals surface area contributed by atoms with Crippen LogP contribution >= 0.6 is 23.1 Å². The molecule has 1 rings (SSSR count). The molecule has 0 fully saturated rings. The number of nitrogens with zero attached hydrogens (tertiary/aromatic N) is 1. The normalized spacial score (nSPS) is 16.1. The van der Waals surface area contributed by atoms with Crippen molar-refractivity contribution in [3.05, 3.63) is 11.6 Å². The maximum atomic E-state index is 9.95. The molecule has 0 spiro atoms. The van der Waals surface area contributed by atoms with Crippen molar-refractivity contribution in [1.82, 2.24) is 4.98 Å². The highest BCUT2D eigenvalue weighted by atomic mass is 32.2. The lowest BCUT2D eigenvalue weighted by atomic mass is 9.95. The highest BCUT2D eigenvalue weighted by molar-refractivity contribution is 8.01. The van der Waals surface area contributed by atoms with Crippen LogP contribution in [0.5, 0.6) is 0 Å².